The maximum absolute atomic E-state index is 14.1. The second-order valence-corrected chi connectivity index (χ2v) is 5.40. The van der Waals surface area contributed by atoms with Gasteiger partial charge >= 0.3 is 0 Å². The molecule has 1 unspecified atom stereocenters. The van der Waals surface area contributed by atoms with Gasteiger partial charge in [-0.15, -0.1) is 0 Å². The first kappa shape index (κ1) is 15.9. The van der Waals surface area contributed by atoms with Crippen molar-refractivity contribution >= 4 is 15.9 Å². The molecule has 0 saturated heterocycles. The summed E-state index contributed by atoms with van der Waals surface area (Å²) in [5, 5.41) is 2.93. The van der Waals surface area contributed by atoms with Crippen molar-refractivity contribution in [1.82, 2.24) is 5.32 Å². The number of hydrogen-bond acceptors (Lipinski definition) is 2. The Morgan fingerprint density at radius 2 is 1.86 bits per heavy atom. The predicted octanol–water partition coefficient (Wildman–Crippen LogP) is 4.46. The van der Waals surface area contributed by atoms with Gasteiger partial charge in [-0.3, -0.25) is 0 Å². The zero-order chi connectivity index (χ0) is 15.2. The van der Waals surface area contributed by atoms with E-state index in [0.29, 0.717) is 13.0 Å². The molecule has 0 amide bonds. The van der Waals surface area contributed by atoms with Crippen LogP contribution >= 0.6 is 15.9 Å². The van der Waals surface area contributed by atoms with Gasteiger partial charge in [-0.05, 0) is 47.2 Å². The van der Waals surface area contributed by atoms with E-state index in [0.717, 1.165) is 5.75 Å². The summed E-state index contributed by atoms with van der Waals surface area (Å²) < 4.78 is 33.8. The highest BCUT2D eigenvalue weighted by Crippen LogP contribution is 2.28. The van der Waals surface area contributed by atoms with E-state index in [4.69, 9.17) is 4.74 Å². The smallest absolute Gasteiger partial charge is 0.145 e. The zero-order valence-electron chi connectivity index (χ0n) is 11.6. The van der Waals surface area contributed by atoms with Crippen molar-refractivity contribution < 1.29 is 13.5 Å². The zero-order valence-corrected chi connectivity index (χ0v) is 13.2. The summed E-state index contributed by atoms with van der Waals surface area (Å²) in [4.78, 5) is 0. The van der Waals surface area contributed by atoms with Crippen molar-refractivity contribution in [2.24, 2.45) is 0 Å². The second kappa shape index (κ2) is 7.52. The number of halogens is 3. The fourth-order valence-electron chi connectivity index (χ4n) is 2.11. The quantitative estimate of drug-likeness (QED) is 0.772. The minimum Gasteiger partial charge on any atom is -0.494 e. The van der Waals surface area contributed by atoms with Crippen LogP contribution in [0, 0.1) is 11.6 Å². The van der Waals surface area contributed by atoms with Crippen molar-refractivity contribution in [2.45, 2.75) is 12.5 Å². The van der Waals surface area contributed by atoms with Gasteiger partial charge in [0, 0.05) is 18.0 Å². The molecule has 2 aromatic carbocycles. The first-order valence-electron chi connectivity index (χ1n) is 6.62. The average Bonchev–Trinajstić information content (AvgIpc) is 2.50. The van der Waals surface area contributed by atoms with E-state index in [2.05, 4.69) is 21.2 Å². The van der Waals surface area contributed by atoms with Crippen LogP contribution in [0.4, 0.5) is 8.78 Å². The average molecular weight is 356 g/mol. The van der Waals surface area contributed by atoms with E-state index in [1.54, 1.807) is 7.05 Å². The summed E-state index contributed by atoms with van der Waals surface area (Å²) in [5.41, 5.74) is 0.0311. The molecule has 0 aliphatic carbocycles. The molecule has 1 atom stereocenters. The van der Waals surface area contributed by atoms with Crippen LogP contribution in [-0.4, -0.2) is 13.7 Å². The maximum Gasteiger partial charge on any atom is 0.145 e. The van der Waals surface area contributed by atoms with Crippen LogP contribution in [0.3, 0.4) is 0 Å². The molecule has 112 valence electrons. The molecule has 0 bridgehead atoms. The van der Waals surface area contributed by atoms with E-state index in [9.17, 15) is 8.78 Å². The third kappa shape index (κ3) is 4.02. The van der Waals surface area contributed by atoms with Crippen LogP contribution in [0.25, 0.3) is 0 Å². The van der Waals surface area contributed by atoms with E-state index in [-0.39, 0.29) is 10.0 Å². The highest BCUT2D eigenvalue weighted by molar-refractivity contribution is 9.10. The minimum atomic E-state index is -0.575. The lowest BCUT2D eigenvalue weighted by atomic mass is 10.0. The molecule has 0 aliphatic heterocycles. The van der Waals surface area contributed by atoms with Crippen molar-refractivity contribution in [1.29, 1.82) is 0 Å². The third-order valence-corrected chi connectivity index (χ3v) is 3.81. The lowest BCUT2D eigenvalue weighted by molar-refractivity contribution is 0.286. The van der Waals surface area contributed by atoms with Gasteiger partial charge in [-0.25, -0.2) is 8.78 Å². The van der Waals surface area contributed by atoms with Crippen LogP contribution in [0.5, 0.6) is 5.75 Å². The molecule has 0 saturated carbocycles. The van der Waals surface area contributed by atoms with Crippen LogP contribution in [0.2, 0.25) is 0 Å². The fourth-order valence-corrected chi connectivity index (χ4v) is 2.45. The monoisotopic (exact) mass is 355 g/mol. The molecule has 0 fully saturated rings. The van der Waals surface area contributed by atoms with Crippen molar-refractivity contribution in [3.05, 3.63) is 64.1 Å². The molecule has 2 rings (SSSR count). The summed E-state index contributed by atoms with van der Waals surface area (Å²) in [6.45, 7) is 0.362. The Bertz CT molecular complexity index is 592. The van der Waals surface area contributed by atoms with Crippen molar-refractivity contribution in [3.8, 4) is 5.75 Å². The Kier molecular flexibility index (Phi) is 5.70. The van der Waals surface area contributed by atoms with Gasteiger partial charge in [-0.2, -0.15) is 0 Å². The second-order valence-electron chi connectivity index (χ2n) is 4.55. The standard InChI is InChI=1S/C16H16BrF2NO/c1-20-14(9-10-21-11-5-3-2-4-6-11)15-13(18)8-7-12(17)16(15)19/h2-8,14,20H,9-10H2,1H3. The van der Waals surface area contributed by atoms with Gasteiger partial charge in [0.1, 0.15) is 17.4 Å². The molecule has 5 heteroatoms. The summed E-state index contributed by atoms with van der Waals surface area (Å²) in [6, 6.07) is 11.5. The molecule has 21 heavy (non-hydrogen) atoms. The van der Waals surface area contributed by atoms with E-state index >= 15 is 0 Å². The Morgan fingerprint density at radius 3 is 2.52 bits per heavy atom. The largest absolute Gasteiger partial charge is 0.494 e. The van der Waals surface area contributed by atoms with Gasteiger partial charge in [0.05, 0.1) is 11.1 Å². The van der Waals surface area contributed by atoms with Crippen LogP contribution in [-0.2, 0) is 0 Å². The molecule has 1 N–H and O–H groups in total. The fraction of sp³-hybridized carbons (Fsp3) is 0.250. The van der Waals surface area contributed by atoms with Gasteiger partial charge in [-0.1, -0.05) is 18.2 Å². The van der Waals surface area contributed by atoms with Gasteiger partial charge in [0.15, 0.2) is 0 Å². The summed E-state index contributed by atoms with van der Waals surface area (Å²) >= 11 is 3.08. The topological polar surface area (TPSA) is 21.3 Å². The summed E-state index contributed by atoms with van der Waals surface area (Å²) in [6.07, 6.45) is 0.454. The predicted molar refractivity (Wildman–Crippen MR) is 82.4 cm³/mol. The molecule has 0 spiro atoms. The Morgan fingerprint density at radius 1 is 1.14 bits per heavy atom. The third-order valence-electron chi connectivity index (χ3n) is 3.19. The molecule has 0 aromatic heterocycles. The van der Waals surface area contributed by atoms with E-state index in [1.165, 1.54) is 12.1 Å². The Balaban J connectivity index is 2.05. The molecular formula is C16H16BrF2NO. The van der Waals surface area contributed by atoms with Gasteiger partial charge < -0.3 is 10.1 Å². The summed E-state index contributed by atoms with van der Waals surface area (Å²) in [5.74, 6) is -0.397. The lowest BCUT2D eigenvalue weighted by Gasteiger charge is -2.19. The first-order valence-corrected chi connectivity index (χ1v) is 7.41. The Labute approximate surface area is 131 Å². The van der Waals surface area contributed by atoms with Gasteiger partial charge in [0.25, 0.3) is 0 Å². The van der Waals surface area contributed by atoms with Crippen LogP contribution < -0.4 is 10.1 Å². The Hall–Kier alpha value is -1.46. The highest BCUT2D eigenvalue weighted by atomic mass is 79.9. The number of para-hydroxylation sites is 1. The van der Waals surface area contributed by atoms with Crippen molar-refractivity contribution in [2.75, 3.05) is 13.7 Å². The molecule has 0 aliphatic rings. The normalized spacial score (nSPS) is 12.2. The maximum atomic E-state index is 14.1. The van der Waals surface area contributed by atoms with Crippen LogP contribution in [0.15, 0.2) is 46.9 Å². The molecule has 2 nitrogen and oxygen atoms in total. The molecular weight excluding hydrogens is 340 g/mol. The van der Waals surface area contributed by atoms with Crippen LogP contribution in [0.1, 0.15) is 18.0 Å². The van der Waals surface area contributed by atoms with Gasteiger partial charge in [0.2, 0.25) is 0 Å². The van der Waals surface area contributed by atoms with E-state index < -0.39 is 17.7 Å². The minimum absolute atomic E-state index is 0.0311. The molecule has 0 heterocycles. The molecule has 2 aromatic rings. The number of ether oxygens (including phenoxy) is 1. The van der Waals surface area contributed by atoms with Crippen molar-refractivity contribution in [3.63, 3.8) is 0 Å². The number of rotatable bonds is 6. The number of hydrogen-bond donors (Lipinski definition) is 1. The van der Waals surface area contributed by atoms with E-state index in [1.807, 2.05) is 30.3 Å². The SMILES string of the molecule is CNC(CCOc1ccccc1)c1c(F)ccc(Br)c1F. The lowest BCUT2D eigenvalue weighted by Crippen LogP contribution is -2.21. The number of nitrogens with one attached hydrogen (secondary N) is 1. The number of benzene rings is 2. The first-order chi connectivity index (χ1) is 10.1. The summed E-state index contributed by atoms with van der Waals surface area (Å²) in [7, 11) is 1.67. The highest BCUT2D eigenvalue weighted by Gasteiger charge is 2.20. The molecule has 0 radical (unpaired) electrons.